The van der Waals surface area contributed by atoms with Crippen molar-refractivity contribution in [2.45, 2.75) is 24.3 Å². The van der Waals surface area contributed by atoms with E-state index in [0.29, 0.717) is 6.42 Å². The van der Waals surface area contributed by atoms with E-state index in [9.17, 15) is 18.3 Å². The van der Waals surface area contributed by atoms with E-state index in [2.05, 4.69) is 10.0 Å². The van der Waals surface area contributed by atoms with Crippen LogP contribution in [-0.4, -0.2) is 38.6 Å². The van der Waals surface area contributed by atoms with Crippen LogP contribution in [0.15, 0.2) is 65.6 Å². The van der Waals surface area contributed by atoms with E-state index in [1.807, 2.05) is 30.3 Å². The Balaban J connectivity index is 1.76. The van der Waals surface area contributed by atoms with E-state index in [1.165, 1.54) is 12.1 Å². The van der Waals surface area contributed by atoms with Crippen LogP contribution in [0.3, 0.4) is 0 Å². The van der Waals surface area contributed by atoms with Crippen LogP contribution in [0.4, 0.5) is 0 Å². The number of carbonyl (C=O) groups is 1. The van der Waals surface area contributed by atoms with Crippen LogP contribution in [0.5, 0.6) is 0 Å². The van der Waals surface area contributed by atoms with Crippen LogP contribution in [0, 0.1) is 5.92 Å². The lowest BCUT2D eigenvalue weighted by Crippen LogP contribution is -2.42. The molecule has 0 radical (unpaired) electrons. The first-order valence-electron chi connectivity index (χ1n) is 8.44. The van der Waals surface area contributed by atoms with Crippen LogP contribution in [0.1, 0.15) is 12.5 Å². The number of hydrogen-bond donors (Lipinski definition) is 3. The molecule has 0 spiro atoms. The Morgan fingerprint density at radius 1 is 1.00 bits per heavy atom. The normalized spacial score (nSPS) is 13.8. The van der Waals surface area contributed by atoms with Gasteiger partial charge in [-0.3, -0.25) is 4.79 Å². The van der Waals surface area contributed by atoms with Crippen LogP contribution in [0.25, 0.3) is 0 Å². The summed E-state index contributed by atoms with van der Waals surface area (Å²) in [5.74, 6) is -0.759. The van der Waals surface area contributed by atoms with Crippen molar-refractivity contribution in [2.24, 2.45) is 5.92 Å². The summed E-state index contributed by atoms with van der Waals surface area (Å²) in [7, 11) is -3.60. The van der Waals surface area contributed by atoms with E-state index in [1.54, 1.807) is 25.1 Å². The van der Waals surface area contributed by atoms with Crippen molar-refractivity contribution in [3.8, 4) is 0 Å². The predicted molar refractivity (Wildman–Crippen MR) is 100.0 cm³/mol. The van der Waals surface area contributed by atoms with Crippen molar-refractivity contribution in [1.29, 1.82) is 0 Å². The minimum atomic E-state index is -3.60. The van der Waals surface area contributed by atoms with Gasteiger partial charge in [-0.25, -0.2) is 13.1 Å². The maximum absolute atomic E-state index is 12.0. The Labute approximate surface area is 154 Å². The maximum atomic E-state index is 12.0. The third-order valence-electron chi connectivity index (χ3n) is 3.98. The zero-order valence-electron chi connectivity index (χ0n) is 14.6. The second-order valence-electron chi connectivity index (χ2n) is 6.11. The Hall–Kier alpha value is -2.22. The molecule has 2 rings (SSSR count). The van der Waals surface area contributed by atoms with Gasteiger partial charge in [-0.05, 0) is 30.0 Å². The number of sulfonamides is 1. The van der Waals surface area contributed by atoms with Gasteiger partial charge in [0, 0.05) is 13.1 Å². The van der Waals surface area contributed by atoms with E-state index in [0.717, 1.165) is 5.56 Å². The summed E-state index contributed by atoms with van der Waals surface area (Å²) >= 11 is 0. The summed E-state index contributed by atoms with van der Waals surface area (Å²) in [6.45, 7) is 1.94. The van der Waals surface area contributed by atoms with Gasteiger partial charge in [-0.15, -0.1) is 0 Å². The Morgan fingerprint density at radius 3 is 2.19 bits per heavy atom. The quantitative estimate of drug-likeness (QED) is 0.575. The maximum Gasteiger partial charge on any atom is 0.249 e. The number of benzene rings is 2. The highest BCUT2D eigenvalue weighted by Gasteiger charge is 2.22. The standard InChI is InChI=1S/C19H24N2O4S/c1-15(14-16-8-4-2-5-9-16)18(22)19(23)20-12-13-21-26(24,25)17-10-6-3-7-11-17/h2-11,15,18,21-22H,12-14H2,1H3,(H,20,23). The molecule has 2 atom stereocenters. The zero-order valence-corrected chi connectivity index (χ0v) is 15.4. The first kappa shape index (κ1) is 20.1. The number of nitrogens with one attached hydrogen (secondary N) is 2. The average Bonchev–Trinajstić information content (AvgIpc) is 2.66. The van der Waals surface area contributed by atoms with E-state index in [-0.39, 0.29) is 23.9 Å². The van der Waals surface area contributed by atoms with Gasteiger partial charge in [-0.1, -0.05) is 55.5 Å². The molecule has 0 saturated heterocycles. The summed E-state index contributed by atoms with van der Waals surface area (Å²) in [6.07, 6.45) is -0.572. The van der Waals surface area contributed by atoms with E-state index < -0.39 is 22.0 Å². The predicted octanol–water partition coefficient (Wildman–Crippen LogP) is 1.32. The SMILES string of the molecule is CC(Cc1ccccc1)C(O)C(=O)NCCNS(=O)(=O)c1ccccc1. The molecule has 0 aliphatic rings. The van der Waals surface area contributed by atoms with E-state index >= 15 is 0 Å². The van der Waals surface area contributed by atoms with Gasteiger partial charge in [0.1, 0.15) is 6.10 Å². The Kier molecular flexibility index (Phi) is 7.32. The molecular formula is C19H24N2O4S. The van der Waals surface area contributed by atoms with Crippen molar-refractivity contribution in [3.05, 3.63) is 66.2 Å². The molecule has 0 aliphatic carbocycles. The number of hydrogen-bond acceptors (Lipinski definition) is 4. The molecule has 6 nitrogen and oxygen atoms in total. The molecule has 7 heteroatoms. The Bertz CT molecular complexity index is 795. The topological polar surface area (TPSA) is 95.5 Å². The summed E-state index contributed by atoms with van der Waals surface area (Å²) in [4.78, 5) is 12.2. The van der Waals surface area contributed by atoms with Crippen molar-refractivity contribution in [2.75, 3.05) is 13.1 Å². The molecule has 2 aromatic carbocycles. The first-order chi connectivity index (χ1) is 12.4. The number of aliphatic hydroxyl groups is 1. The minimum Gasteiger partial charge on any atom is -0.383 e. The molecule has 2 aromatic rings. The van der Waals surface area contributed by atoms with Gasteiger partial charge < -0.3 is 10.4 Å². The fourth-order valence-electron chi connectivity index (χ4n) is 2.51. The summed E-state index contributed by atoms with van der Waals surface area (Å²) in [6, 6.07) is 17.6. The molecule has 2 unspecified atom stereocenters. The van der Waals surface area contributed by atoms with E-state index in [4.69, 9.17) is 0 Å². The molecule has 1 amide bonds. The van der Waals surface area contributed by atoms with Crippen LogP contribution >= 0.6 is 0 Å². The lowest BCUT2D eigenvalue weighted by Gasteiger charge is -2.18. The molecule has 140 valence electrons. The molecule has 0 aromatic heterocycles. The van der Waals surface area contributed by atoms with Gasteiger partial charge in [0.15, 0.2) is 0 Å². The van der Waals surface area contributed by atoms with Gasteiger partial charge in [0.2, 0.25) is 15.9 Å². The van der Waals surface area contributed by atoms with Crippen LogP contribution in [0.2, 0.25) is 0 Å². The lowest BCUT2D eigenvalue weighted by atomic mass is 9.95. The fraction of sp³-hybridized carbons (Fsp3) is 0.316. The van der Waals surface area contributed by atoms with Crippen molar-refractivity contribution in [3.63, 3.8) is 0 Å². The first-order valence-corrected chi connectivity index (χ1v) is 9.93. The molecule has 26 heavy (non-hydrogen) atoms. The number of carbonyl (C=O) groups excluding carboxylic acids is 1. The molecule has 0 bridgehead atoms. The third-order valence-corrected chi connectivity index (χ3v) is 5.45. The second kappa shape index (κ2) is 9.47. The summed E-state index contributed by atoms with van der Waals surface area (Å²) in [5.41, 5.74) is 1.04. The summed E-state index contributed by atoms with van der Waals surface area (Å²) < 4.78 is 26.5. The molecule has 0 heterocycles. The average molecular weight is 376 g/mol. The molecule has 0 fully saturated rings. The molecule has 0 aliphatic heterocycles. The second-order valence-corrected chi connectivity index (χ2v) is 7.88. The highest BCUT2D eigenvalue weighted by Crippen LogP contribution is 2.12. The molecule has 0 saturated carbocycles. The minimum absolute atomic E-state index is 0.0444. The number of aliphatic hydroxyl groups excluding tert-OH is 1. The van der Waals surface area contributed by atoms with Crippen molar-refractivity contribution < 1.29 is 18.3 Å². The van der Waals surface area contributed by atoms with Crippen LogP contribution in [-0.2, 0) is 21.2 Å². The zero-order chi connectivity index (χ0) is 19.0. The molecule has 3 N–H and O–H groups in total. The largest absolute Gasteiger partial charge is 0.383 e. The van der Waals surface area contributed by atoms with Crippen molar-refractivity contribution >= 4 is 15.9 Å². The van der Waals surface area contributed by atoms with Gasteiger partial charge in [0.25, 0.3) is 0 Å². The smallest absolute Gasteiger partial charge is 0.249 e. The lowest BCUT2D eigenvalue weighted by molar-refractivity contribution is -0.131. The monoisotopic (exact) mass is 376 g/mol. The number of rotatable bonds is 9. The molecular weight excluding hydrogens is 352 g/mol. The van der Waals surface area contributed by atoms with Gasteiger partial charge >= 0.3 is 0 Å². The Morgan fingerprint density at radius 2 is 1.58 bits per heavy atom. The fourth-order valence-corrected chi connectivity index (χ4v) is 3.57. The van der Waals surface area contributed by atoms with Crippen LogP contribution < -0.4 is 10.0 Å². The highest BCUT2D eigenvalue weighted by atomic mass is 32.2. The highest BCUT2D eigenvalue weighted by molar-refractivity contribution is 7.89. The summed E-state index contributed by atoms with van der Waals surface area (Å²) in [5, 5.41) is 12.7. The van der Waals surface area contributed by atoms with Gasteiger partial charge in [-0.2, -0.15) is 0 Å². The third kappa shape index (κ3) is 5.94. The number of amides is 1. The van der Waals surface area contributed by atoms with Gasteiger partial charge in [0.05, 0.1) is 4.90 Å². The van der Waals surface area contributed by atoms with Crippen molar-refractivity contribution in [1.82, 2.24) is 10.0 Å².